The number of hydrogen-bond acceptors (Lipinski definition) is 4. The van der Waals surface area contributed by atoms with Crippen molar-refractivity contribution in [3.05, 3.63) is 46.2 Å². The van der Waals surface area contributed by atoms with Crippen LogP contribution in [0.1, 0.15) is 56.0 Å². The minimum atomic E-state index is 0.147. The second-order valence-corrected chi connectivity index (χ2v) is 7.98. The molecule has 1 aliphatic rings. The highest BCUT2D eigenvalue weighted by Gasteiger charge is 2.23. The summed E-state index contributed by atoms with van der Waals surface area (Å²) in [7, 11) is 1.71. The first-order valence-electron chi connectivity index (χ1n) is 9.28. The van der Waals surface area contributed by atoms with E-state index in [0.717, 1.165) is 24.6 Å². The second-order valence-electron chi connectivity index (χ2n) is 7.00. The van der Waals surface area contributed by atoms with E-state index in [9.17, 15) is 0 Å². The van der Waals surface area contributed by atoms with Gasteiger partial charge < -0.3 is 9.47 Å². The van der Waals surface area contributed by atoms with E-state index in [0.29, 0.717) is 6.04 Å². The summed E-state index contributed by atoms with van der Waals surface area (Å²) in [5, 5.41) is 2.19. The fourth-order valence-electron chi connectivity index (χ4n) is 3.56. The first kappa shape index (κ1) is 18.3. The lowest BCUT2D eigenvalue weighted by atomic mass is 10.1. The van der Waals surface area contributed by atoms with E-state index < -0.39 is 0 Å². The van der Waals surface area contributed by atoms with Gasteiger partial charge in [0.15, 0.2) is 11.5 Å². The molecule has 1 fully saturated rings. The lowest BCUT2D eigenvalue weighted by molar-refractivity contribution is 0.194. The van der Waals surface area contributed by atoms with E-state index in [4.69, 9.17) is 9.47 Å². The largest absolute Gasteiger partial charge is 0.493 e. The zero-order valence-corrected chi connectivity index (χ0v) is 16.3. The van der Waals surface area contributed by atoms with Gasteiger partial charge in [0.1, 0.15) is 0 Å². The molecule has 2 heterocycles. The van der Waals surface area contributed by atoms with Crippen LogP contribution in [0.15, 0.2) is 35.7 Å². The van der Waals surface area contributed by atoms with Gasteiger partial charge in [0.25, 0.3) is 0 Å². The molecule has 1 aromatic heterocycles. The van der Waals surface area contributed by atoms with Gasteiger partial charge in [0.05, 0.1) is 13.2 Å². The molecule has 136 valence electrons. The molecule has 0 bridgehead atoms. The Kier molecular flexibility index (Phi) is 6.38. The molecule has 0 aliphatic carbocycles. The standard InChI is InChI=1S/C21H29NO2S/c1-16(2)24-19-11-10-17(14-20(19)23-3)15-22-12-6-4-5-8-18(22)21-9-7-13-25-21/h7,9-11,13-14,16,18H,4-6,8,12,15H2,1-3H3/t18-/m0/s1. The van der Waals surface area contributed by atoms with E-state index in [1.165, 1.54) is 36.1 Å². The average molecular weight is 360 g/mol. The summed E-state index contributed by atoms with van der Waals surface area (Å²) in [6, 6.07) is 11.4. The molecule has 0 radical (unpaired) electrons. The molecule has 1 aliphatic heterocycles. The number of ether oxygens (including phenoxy) is 2. The molecule has 3 rings (SSSR count). The van der Waals surface area contributed by atoms with Crippen LogP contribution in [0, 0.1) is 0 Å². The zero-order valence-electron chi connectivity index (χ0n) is 15.5. The number of hydrogen-bond donors (Lipinski definition) is 0. The van der Waals surface area contributed by atoms with E-state index >= 15 is 0 Å². The molecular formula is C21H29NO2S. The predicted molar refractivity (Wildman–Crippen MR) is 105 cm³/mol. The molecule has 4 heteroatoms. The molecule has 1 saturated heterocycles. The monoisotopic (exact) mass is 359 g/mol. The van der Waals surface area contributed by atoms with Crippen molar-refractivity contribution in [2.75, 3.05) is 13.7 Å². The van der Waals surface area contributed by atoms with Crippen LogP contribution in [-0.2, 0) is 6.54 Å². The zero-order chi connectivity index (χ0) is 17.6. The van der Waals surface area contributed by atoms with E-state index in [1.807, 2.05) is 31.3 Å². The predicted octanol–water partition coefficient (Wildman–Crippen LogP) is 5.66. The first-order valence-corrected chi connectivity index (χ1v) is 10.2. The quantitative estimate of drug-likeness (QED) is 0.664. The van der Waals surface area contributed by atoms with E-state index in [-0.39, 0.29) is 6.10 Å². The molecule has 2 aromatic rings. The normalized spacial score (nSPS) is 19.0. The summed E-state index contributed by atoms with van der Waals surface area (Å²) in [6.45, 7) is 6.20. The van der Waals surface area contributed by atoms with Crippen molar-refractivity contribution >= 4 is 11.3 Å². The molecule has 0 N–H and O–H groups in total. The van der Waals surface area contributed by atoms with Crippen molar-refractivity contribution in [2.24, 2.45) is 0 Å². The van der Waals surface area contributed by atoms with Crippen molar-refractivity contribution in [3.8, 4) is 11.5 Å². The Morgan fingerprint density at radius 1 is 1.16 bits per heavy atom. The molecule has 0 spiro atoms. The summed E-state index contributed by atoms with van der Waals surface area (Å²) in [5.41, 5.74) is 1.29. The lowest BCUT2D eigenvalue weighted by Gasteiger charge is -2.29. The number of methoxy groups -OCH3 is 1. The van der Waals surface area contributed by atoms with Gasteiger partial charge in [-0.1, -0.05) is 25.0 Å². The van der Waals surface area contributed by atoms with Crippen LogP contribution < -0.4 is 9.47 Å². The van der Waals surface area contributed by atoms with Crippen LogP contribution in [0.4, 0.5) is 0 Å². The van der Waals surface area contributed by atoms with Crippen molar-refractivity contribution in [1.29, 1.82) is 0 Å². The number of benzene rings is 1. The smallest absolute Gasteiger partial charge is 0.161 e. The van der Waals surface area contributed by atoms with Crippen LogP contribution in [-0.4, -0.2) is 24.7 Å². The SMILES string of the molecule is COc1cc(CN2CCCCC[C@H]2c2cccs2)ccc1OC(C)C. The molecule has 1 atom stereocenters. The lowest BCUT2D eigenvalue weighted by Crippen LogP contribution is -2.27. The fourth-order valence-corrected chi connectivity index (χ4v) is 4.45. The molecule has 1 aromatic carbocycles. The summed E-state index contributed by atoms with van der Waals surface area (Å²) in [5.74, 6) is 1.65. The number of nitrogens with zero attached hydrogens (tertiary/aromatic N) is 1. The molecule has 0 unspecified atom stereocenters. The first-order chi connectivity index (χ1) is 12.2. The second kappa shape index (κ2) is 8.72. The maximum Gasteiger partial charge on any atom is 0.161 e. The van der Waals surface area contributed by atoms with E-state index in [1.54, 1.807) is 7.11 Å². The topological polar surface area (TPSA) is 21.7 Å². The Labute approximate surface area is 155 Å². The molecule has 25 heavy (non-hydrogen) atoms. The minimum Gasteiger partial charge on any atom is -0.493 e. The number of likely N-dealkylation sites (tertiary alicyclic amines) is 1. The maximum atomic E-state index is 5.84. The summed E-state index contributed by atoms with van der Waals surface area (Å²) < 4.78 is 11.4. The molecule has 0 amide bonds. The molecule has 0 saturated carbocycles. The Morgan fingerprint density at radius 3 is 2.76 bits per heavy atom. The maximum absolute atomic E-state index is 5.84. The van der Waals surface area contributed by atoms with Crippen molar-refractivity contribution < 1.29 is 9.47 Å². The molecular weight excluding hydrogens is 330 g/mol. The third kappa shape index (κ3) is 4.77. The summed E-state index contributed by atoms with van der Waals surface area (Å²) in [4.78, 5) is 4.13. The van der Waals surface area contributed by atoms with Gasteiger partial charge in [-0.2, -0.15) is 0 Å². The Hall–Kier alpha value is -1.52. The van der Waals surface area contributed by atoms with Crippen LogP contribution in [0.3, 0.4) is 0 Å². The highest BCUT2D eigenvalue weighted by molar-refractivity contribution is 7.10. The summed E-state index contributed by atoms with van der Waals surface area (Å²) >= 11 is 1.88. The van der Waals surface area contributed by atoms with Gasteiger partial charge in [-0.3, -0.25) is 4.90 Å². The van der Waals surface area contributed by atoms with Gasteiger partial charge in [0, 0.05) is 17.5 Å². The van der Waals surface area contributed by atoms with Crippen LogP contribution in [0.25, 0.3) is 0 Å². The van der Waals surface area contributed by atoms with Gasteiger partial charge in [-0.15, -0.1) is 11.3 Å². The Balaban J connectivity index is 1.79. The Morgan fingerprint density at radius 2 is 2.04 bits per heavy atom. The van der Waals surface area contributed by atoms with Gasteiger partial charge >= 0.3 is 0 Å². The number of thiophene rings is 1. The van der Waals surface area contributed by atoms with Crippen LogP contribution in [0.5, 0.6) is 11.5 Å². The number of rotatable bonds is 6. The van der Waals surface area contributed by atoms with Gasteiger partial charge in [-0.05, 0) is 62.4 Å². The third-order valence-corrected chi connectivity index (χ3v) is 5.69. The van der Waals surface area contributed by atoms with Crippen LogP contribution >= 0.6 is 11.3 Å². The summed E-state index contributed by atoms with van der Waals surface area (Å²) in [6.07, 6.45) is 5.35. The van der Waals surface area contributed by atoms with Crippen molar-refractivity contribution in [1.82, 2.24) is 4.90 Å². The van der Waals surface area contributed by atoms with Gasteiger partial charge in [0.2, 0.25) is 0 Å². The minimum absolute atomic E-state index is 0.147. The Bertz CT molecular complexity index is 654. The highest BCUT2D eigenvalue weighted by atomic mass is 32.1. The van der Waals surface area contributed by atoms with E-state index in [2.05, 4.69) is 34.5 Å². The van der Waals surface area contributed by atoms with Crippen molar-refractivity contribution in [3.63, 3.8) is 0 Å². The average Bonchev–Trinajstić information content (AvgIpc) is 3.03. The van der Waals surface area contributed by atoms with Crippen LogP contribution in [0.2, 0.25) is 0 Å². The molecule has 3 nitrogen and oxygen atoms in total. The van der Waals surface area contributed by atoms with Gasteiger partial charge in [-0.25, -0.2) is 0 Å². The fraction of sp³-hybridized carbons (Fsp3) is 0.524. The van der Waals surface area contributed by atoms with Crippen molar-refractivity contribution in [2.45, 2.75) is 58.2 Å². The highest BCUT2D eigenvalue weighted by Crippen LogP contribution is 2.35. The third-order valence-electron chi connectivity index (χ3n) is 4.71.